The lowest BCUT2D eigenvalue weighted by atomic mass is 9.90. The van der Waals surface area contributed by atoms with Gasteiger partial charge in [0.1, 0.15) is 0 Å². The Hall–Kier alpha value is -4.43. The van der Waals surface area contributed by atoms with E-state index in [0.717, 1.165) is 48.5 Å². The number of cyclic esters (lactones) is 2. The third-order valence-electron chi connectivity index (χ3n) is 7.41. The highest BCUT2D eigenvalue weighted by molar-refractivity contribution is 6.31. The van der Waals surface area contributed by atoms with E-state index >= 15 is 0 Å². The van der Waals surface area contributed by atoms with Gasteiger partial charge in [0.05, 0.1) is 11.4 Å². The van der Waals surface area contributed by atoms with E-state index in [4.69, 9.17) is 40.5 Å². The zero-order valence-corrected chi connectivity index (χ0v) is 33.6. The van der Waals surface area contributed by atoms with Crippen LogP contribution in [0, 0.1) is 35.5 Å². The van der Waals surface area contributed by atoms with E-state index < -0.39 is 35.7 Å². The molecule has 0 aromatic heterocycles. The Balaban J connectivity index is 0.000000292. The van der Waals surface area contributed by atoms with Crippen molar-refractivity contribution in [3.05, 3.63) is 86.9 Å². The number of anilines is 3. The zero-order valence-electron chi connectivity index (χ0n) is 31.4. The molecule has 2 aliphatic carbocycles. The second-order valence-electron chi connectivity index (χ2n) is 11.4. The van der Waals surface area contributed by atoms with Crippen molar-refractivity contribution in [2.75, 3.05) is 16.4 Å². The molecule has 2 heterocycles. The first kappa shape index (κ1) is 47.7. The van der Waals surface area contributed by atoms with Crippen molar-refractivity contribution in [2.45, 2.75) is 90.8 Å². The van der Waals surface area contributed by atoms with Gasteiger partial charge in [-0.05, 0) is 98.2 Å². The number of carbonyl (C=O) groups excluding carboxylic acids is 2. The molecule has 3 aromatic rings. The van der Waals surface area contributed by atoms with Crippen molar-refractivity contribution >= 4 is 64.1 Å². The summed E-state index contributed by atoms with van der Waals surface area (Å²) in [5, 5.41) is 5.39. The molecule has 16 heteroatoms. The average Bonchev–Trinajstić information content (AvgIpc) is 4.10. The molecule has 0 unspecified atom stereocenters. The number of hydrogen-bond acceptors (Lipinski definition) is 5. The lowest BCUT2D eigenvalue weighted by Crippen LogP contribution is -2.49. The largest absolute Gasteiger partial charge is 0.445 e. The Morgan fingerprint density at radius 1 is 0.607 bits per heavy atom. The van der Waals surface area contributed by atoms with Crippen molar-refractivity contribution in [1.82, 2.24) is 0 Å². The molecular weight excluding hydrogens is 807 g/mol. The van der Waals surface area contributed by atoms with Crippen LogP contribution >= 0.6 is 34.8 Å². The van der Waals surface area contributed by atoms with Gasteiger partial charge < -0.3 is 15.2 Å². The first-order chi connectivity index (χ1) is 26.4. The summed E-state index contributed by atoms with van der Waals surface area (Å²) in [6, 6.07) is 14.7. The van der Waals surface area contributed by atoms with Gasteiger partial charge in [0.2, 0.25) is 0 Å². The molecule has 56 heavy (non-hydrogen) atoms. The van der Waals surface area contributed by atoms with E-state index in [0.29, 0.717) is 0 Å². The fraction of sp³-hybridized carbons (Fsp3) is 0.400. The molecule has 0 spiro atoms. The van der Waals surface area contributed by atoms with Gasteiger partial charge in [0, 0.05) is 43.7 Å². The minimum atomic E-state index is -4.87. The molecule has 2 atom stereocenters. The summed E-state index contributed by atoms with van der Waals surface area (Å²) in [4.78, 5) is 23.0. The number of carbonyl (C=O) groups is 2. The van der Waals surface area contributed by atoms with E-state index in [1.165, 1.54) is 24.3 Å². The van der Waals surface area contributed by atoms with Gasteiger partial charge in [-0.3, -0.25) is 10.6 Å². The highest BCUT2D eigenvalue weighted by Crippen LogP contribution is 2.49. The van der Waals surface area contributed by atoms with Crippen molar-refractivity contribution in [3.63, 3.8) is 0 Å². The van der Waals surface area contributed by atoms with Crippen LogP contribution in [0.1, 0.15) is 78.4 Å². The zero-order chi connectivity index (χ0) is 42.5. The number of halogens is 9. The van der Waals surface area contributed by atoms with Crippen LogP contribution in [0.25, 0.3) is 0 Å². The highest BCUT2D eigenvalue weighted by atomic mass is 35.5. The number of ether oxygens (including phenoxy) is 2. The van der Waals surface area contributed by atoms with Crippen molar-refractivity contribution in [2.24, 2.45) is 11.8 Å². The van der Waals surface area contributed by atoms with E-state index in [-0.39, 0.29) is 44.4 Å². The Labute approximate surface area is 337 Å². The van der Waals surface area contributed by atoms with Gasteiger partial charge in [-0.1, -0.05) is 88.2 Å². The van der Waals surface area contributed by atoms with Crippen LogP contribution < -0.4 is 16.4 Å². The Kier molecular flexibility index (Phi) is 17.6. The minimum Gasteiger partial charge on any atom is -0.415 e. The summed E-state index contributed by atoms with van der Waals surface area (Å²) in [6.07, 6.45) is -9.08. The van der Waals surface area contributed by atoms with Crippen LogP contribution in [0.3, 0.4) is 0 Å². The van der Waals surface area contributed by atoms with Crippen LogP contribution in [-0.4, -0.2) is 24.5 Å². The number of nitrogen functional groups attached to an aromatic ring is 1. The summed E-state index contributed by atoms with van der Waals surface area (Å²) < 4.78 is 90.8. The summed E-state index contributed by atoms with van der Waals surface area (Å²) in [6.45, 7) is 12.0. The normalized spacial score (nSPS) is 19.8. The lowest BCUT2D eigenvalue weighted by molar-refractivity contribution is -0.239. The summed E-state index contributed by atoms with van der Waals surface area (Å²) in [7, 11) is 0. The van der Waals surface area contributed by atoms with E-state index in [1.54, 1.807) is 24.3 Å². The Bertz CT molecular complexity index is 1790. The van der Waals surface area contributed by atoms with E-state index in [1.807, 2.05) is 41.5 Å². The number of benzene rings is 3. The number of fused-ring (bicyclic) bond motifs is 2. The summed E-state index contributed by atoms with van der Waals surface area (Å²) >= 11 is 17.1. The maximum atomic E-state index is 13.6. The molecule has 0 bridgehead atoms. The number of nitrogens with one attached hydrogen (secondary N) is 2. The third kappa shape index (κ3) is 12.3. The van der Waals surface area contributed by atoms with Crippen LogP contribution in [0.5, 0.6) is 0 Å². The number of amides is 2. The smallest absolute Gasteiger partial charge is 0.415 e. The van der Waals surface area contributed by atoms with Gasteiger partial charge in [0.25, 0.3) is 11.2 Å². The minimum absolute atomic E-state index is 0.00179. The molecule has 0 saturated heterocycles. The van der Waals surface area contributed by atoms with E-state index in [9.17, 15) is 35.9 Å². The predicted octanol–water partition coefficient (Wildman–Crippen LogP) is 13.1. The maximum Gasteiger partial charge on any atom is 0.445 e. The fourth-order valence-electron chi connectivity index (χ4n) is 4.57. The predicted molar refractivity (Wildman–Crippen MR) is 209 cm³/mol. The van der Waals surface area contributed by atoms with E-state index in [2.05, 4.69) is 43.8 Å². The number of hydrogen-bond donors (Lipinski definition) is 3. The van der Waals surface area contributed by atoms with Crippen molar-refractivity contribution in [3.8, 4) is 23.7 Å². The van der Waals surface area contributed by atoms with Crippen molar-refractivity contribution < 1.29 is 45.4 Å². The molecule has 2 fully saturated rings. The molecule has 4 aliphatic rings. The first-order valence-electron chi connectivity index (χ1n) is 17.7. The number of nitrogens with two attached hydrogens (primary N) is 1. The molecule has 2 saturated carbocycles. The lowest BCUT2D eigenvalue weighted by Gasteiger charge is -2.35. The third-order valence-corrected chi connectivity index (χ3v) is 8.14. The van der Waals surface area contributed by atoms with Gasteiger partial charge in [0.15, 0.2) is 0 Å². The van der Waals surface area contributed by atoms with Crippen LogP contribution in [0.2, 0.25) is 15.1 Å². The van der Waals surface area contributed by atoms with Crippen LogP contribution in [-0.2, 0) is 20.7 Å². The summed E-state index contributed by atoms with van der Waals surface area (Å²) in [5.74, 6) is 9.20. The molecular formula is C40H42Cl3F6N3O4. The van der Waals surface area contributed by atoms with Gasteiger partial charge in [-0.2, -0.15) is 26.3 Å². The van der Waals surface area contributed by atoms with Gasteiger partial charge >= 0.3 is 24.5 Å². The molecule has 2 aliphatic heterocycles. The molecule has 3 aromatic carbocycles. The molecule has 7 rings (SSSR count). The Morgan fingerprint density at radius 3 is 1.21 bits per heavy atom. The SMILES string of the molecule is CC.CC.CC.Nc1ccc(Cl)cc1.O=C1Nc2ccc(Cl)cc2[C@@](C#CC2CC2)(C(F)(F)F)O1.O=C1Nc2ccc(Cl)cc2[C@@](C#CC2CC2)(C(F)(F)F)O1. The van der Waals surface area contributed by atoms with Gasteiger partial charge in [-0.25, -0.2) is 9.59 Å². The second kappa shape index (κ2) is 20.7. The first-order valence-corrected chi connectivity index (χ1v) is 18.9. The topological polar surface area (TPSA) is 103 Å². The summed E-state index contributed by atoms with van der Waals surface area (Å²) in [5.41, 5.74) is -0.431. The molecule has 0 radical (unpaired) electrons. The average molecular weight is 849 g/mol. The molecule has 2 amide bonds. The quantitative estimate of drug-likeness (QED) is 0.119. The maximum absolute atomic E-state index is 13.6. The van der Waals surface area contributed by atoms with Gasteiger partial charge in [-0.15, -0.1) is 0 Å². The van der Waals surface area contributed by atoms with Crippen LogP contribution in [0.4, 0.5) is 53.0 Å². The number of rotatable bonds is 0. The highest BCUT2D eigenvalue weighted by Gasteiger charge is 2.63. The standard InChI is InChI=1S/2C14H9ClF3NO2.C6H6ClN.3C2H6/c2*15-9-3-4-11-10(7-9)13(14(16,17)18,21-12(20)19-11)6-5-8-1-2-8;7-5-1-3-6(8)4-2-5;3*1-2/h2*3-4,7-8H,1-2H2,(H,19,20);1-4H,8H2;3*1-2H3/t2*13-;;;;/m00..../s1. The Morgan fingerprint density at radius 2 is 0.929 bits per heavy atom. The molecule has 7 nitrogen and oxygen atoms in total. The molecule has 4 N–H and O–H groups in total. The number of alkyl halides is 6. The second-order valence-corrected chi connectivity index (χ2v) is 12.7. The fourth-order valence-corrected chi connectivity index (χ4v) is 5.04. The monoisotopic (exact) mass is 847 g/mol. The molecule has 304 valence electrons. The van der Waals surface area contributed by atoms with Crippen molar-refractivity contribution in [1.29, 1.82) is 0 Å². The van der Waals surface area contributed by atoms with Crippen LogP contribution in [0.15, 0.2) is 60.7 Å².